The van der Waals surface area contributed by atoms with Crippen molar-refractivity contribution in [1.82, 2.24) is 0 Å². The second kappa shape index (κ2) is 10.3. The number of carbonyl (C=O) groups excluding carboxylic acids is 1. The van der Waals surface area contributed by atoms with Gasteiger partial charge in [-0.1, -0.05) is 50.3 Å². The summed E-state index contributed by atoms with van der Waals surface area (Å²) in [6.07, 6.45) is 6.31. The van der Waals surface area contributed by atoms with Crippen LogP contribution in [-0.4, -0.2) is 19.1 Å². The molecule has 1 aromatic rings. The Labute approximate surface area is 122 Å². The number of unbranched alkanes of at least 4 members (excludes halogenated alkanes) is 4. The van der Waals surface area contributed by atoms with E-state index in [1.54, 1.807) is 0 Å². The molecule has 0 saturated carbocycles. The van der Waals surface area contributed by atoms with Crippen LogP contribution in [0.2, 0.25) is 0 Å². The van der Waals surface area contributed by atoms with Crippen molar-refractivity contribution in [3.8, 4) is 0 Å². The summed E-state index contributed by atoms with van der Waals surface area (Å²) in [6, 6.07) is 8.15. The maximum atomic E-state index is 11.5. The zero-order chi connectivity index (χ0) is 14.6. The third kappa shape index (κ3) is 7.82. The van der Waals surface area contributed by atoms with Crippen molar-refractivity contribution in [2.75, 3.05) is 18.5 Å². The van der Waals surface area contributed by atoms with E-state index < -0.39 is 0 Å². The van der Waals surface area contributed by atoms with E-state index in [1.807, 2.05) is 12.1 Å². The molecule has 1 N–H and O–H groups in total. The van der Waals surface area contributed by atoms with Gasteiger partial charge in [0.15, 0.2) is 0 Å². The van der Waals surface area contributed by atoms with Crippen LogP contribution in [0.5, 0.6) is 0 Å². The van der Waals surface area contributed by atoms with Crippen LogP contribution in [0.1, 0.15) is 51.0 Å². The highest BCUT2D eigenvalue weighted by atomic mass is 16.5. The predicted molar refractivity (Wildman–Crippen MR) is 84.0 cm³/mol. The molecule has 0 saturated heterocycles. The first-order valence-electron chi connectivity index (χ1n) is 7.68. The van der Waals surface area contributed by atoms with E-state index in [9.17, 15) is 4.79 Å². The Bertz CT molecular complexity index is 373. The van der Waals surface area contributed by atoms with Crippen LogP contribution in [0.25, 0.3) is 0 Å². The van der Waals surface area contributed by atoms with Gasteiger partial charge in [-0.05, 0) is 25.5 Å². The van der Waals surface area contributed by atoms with E-state index in [-0.39, 0.29) is 5.97 Å². The average Bonchev–Trinajstić information content (AvgIpc) is 2.45. The first kappa shape index (κ1) is 16.5. The van der Waals surface area contributed by atoms with Crippen LogP contribution in [0.4, 0.5) is 5.69 Å². The van der Waals surface area contributed by atoms with Gasteiger partial charge in [-0.15, -0.1) is 0 Å². The Morgan fingerprint density at radius 3 is 2.50 bits per heavy atom. The highest BCUT2D eigenvalue weighted by molar-refractivity contribution is 5.70. The zero-order valence-electron chi connectivity index (χ0n) is 12.8. The minimum absolute atomic E-state index is 0.111. The Balaban J connectivity index is 2.01. The smallest absolute Gasteiger partial charge is 0.307 e. The SMILES string of the molecule is CCCCCCCOC(=O)CCNc1ccc(C)cc1. The van der Waals surface area contributed by atoms with Crippen LogP contribution < -0.4 is 5.32 Å². The molecule has 0 spiro atoms. The molecule has 0 unspecified atom stereocenters. The molecule has 0 amide bonds. The molecule has 0 aliphatic rings. The second-order valence-electron chi connectivity index (χ2n) is 5.18. The fourth-order valence-electron chi connectivity index (χ4n) is 1.94. The maximum Gasteiger partial charge on any atom is 0.307 e. The highest BCUT2D eigenvalue weighted by Crippen LogP contribution is 2.08. The molecule has 0 aliphatic heterocycles. The molecule has 0 aromatic heterocycles. The Morgan fingerprint density at radius 1 is 1.10 bits per heavy atom. The second-order valence-corrected chi connectivity index (χ2v) is 5.18. The van der Waals surface area contributed by atoms with Gasteiger partial charge in [-0.3, -0.25) is 4.79 Å². The molecule has 0 heterocycles. The predicted octanol–water partition coefficient (Wildman–Crippen LogP) is 4.31. The minimum Gasteiger partial charge on any atom is -0.466 e. The van der Waals surface area contributed by atoms with Crippen molar-refractivity contribution in [3.05, 3.63) is 29.8 Å². The lowest BCUT2D eigenvalue weighted by molar-refractivity contribution is -0.143. The van der Waals surface area contributed by atoms with Gasteiger partial charge < -0.3 is 10.1 Å². The summed E-state index contributed by atoms with van der Waals surface area (Å²) in [7, 11) is 0. The number of rotatable bonds is 10. The molecule has 0 bridgehead atoms. The molecule has 3 nitrogen and oxygen atoms in total. The van der Waals surface area contributed by atoms with Gasteiger partial charge in [0.05, 0.1) is 13.0 Å². The van der Waals surface area contributed by atoms with Gasteiger partial charge in [-0.2, -0.15) is 0 Å². The maximum absolute atomic E-state index is 11.5. The fourth-order valence-corrected chi connectivity index (χ4v) is 1.94. The largest absolute Gasteiger partial charge is 0.466 e. The lowest BCUT2D eigenvalue weighted by atomic mass is 10.2. The Hall–Kier alpha value is -1.51. The number of anilines is 1. The van der Waals surface area contributed by atoms with Crippen molar-refractivity contribution in [3.63, 3.8) is 0 Å². The van der Waals surface area contributed by atoms with E-state index in [0.717, 1.165) is 18.5 Å². The third-order valence-electron chi connectivity index (χ3n) is 3.22. The van der Waals surface area contributed by atoms with E-state index in [1.165, 1.54) is 24.8 Å². The van der Waals surface area contributed by atoms with Crippen LogP contribution in [0.3, 0.4) is 0 Å². The third-order valence-corrected chi connectivity index (χ3v) is 3.22. The lowest BCUT2D eigenvalue weighted by Gasteiger charge is -2.07. The summed E-state index contributed by atoms with van der Waals surface area (Å²) in [5, 5.41) is 3.22. The Morgan fingerprint density at radius 2 is 1.80 bits per heavy atom. The topological polar surface area (TPSA) is 38.3 Å². The quantitative estimate of drug-likeness (QED) is 0.511. The highest BCUT2D eigenvalue weighted by Gasteiger charge is 2.02. The van der Waals surface area contributed by atoms with Crippen molar-refractivity contribution in [2.45, 2.75) is 52.4 Å². The van der Waals surface area contributed by atoms with Gasteiger partial charge in [0.2, 0.25) is 0 Å². The summed E-state index contributed by atoms with van der Waals surface area (Å²) >= 11 is 0. The fraction of sp³-hybridized carbons (Fsp3) is 0.588. The molecular weight excluding hydrogens is 250 g/mol. The van der Waals surface area contributed by atoms with Gasteiger partial charge in [0.25, 0.3) is 0 Å². The molecule has 112 valence electrons. The monoisotopic (exact) mass is 277 g/mol. The standard InChI is InChI=1S/C17H27NO2/c1-3-4-5-6-7-14-20-17(19)12-13-18-16-10-8-15(2)9-11-16/h8-11,18H,3-7,12-14H2,1-2H3. The molecular formula is C17H27NO2. The number of esters is 1. The molecule has 0 radical (unpaired) electrons. The number of aryl methyl sites for hydroxylation is 1. The van der Waals surface area contributed by atoms with Crippen LogP contribution in [-0.2, 0) is 9.53 Å². The number of benzene rings is 1. The van der Waals surface area contributed by atoms with Crippen molar-refractivity contribution in [2.24, 2.45) is 0 Å². The van der Waals surface area contributed by atoms with Crippen molar-refractivity contribution < 1.29 is 9.53 Å². The molecule has 1 rings (SSSR count). The van der Waals surface area contributed by atoms with E-state index in [2.05, 4.69) is 31.3 Å². The summed E-state index contributed by atoms with van der Waals surface area (Å²) < 4.78 is 5.20. The number of hydrogen-bond acceptors (Lipinski definition) is 3. The number of hydrogen-bond donors (Lipinski definition) is 1. The van der Waals surface area contributed by atoms with E-state index in [0.29, 0.717) is 19.6 Å². The van der Waals surface area contributed by atoms with Crippen LogP contribution in [0.15, 0.2) is 24.3 Å². The van der Waals surface area contributed by atoms with Gasteiger partial charge in [-0.25, -0.2) is 0 Å². The van der Waals surface area contributed by atoms with Crippen molar-refractivity contribution in [1.29, 1.82) is 0 Å². The molecule has 1 aromatic carbocycles. The van der Waals surface area contributed by atoms with Crippen molar-refractivity contribution >= 4 is 11.7 Å². The average molecular weight is 277 g/mol. The van der Waals surface area contributed by atoms with Crippen LogP contribution in [0, 0.1) is 6.92 Å². The molecule has 0 fully saturated rings. The van der Waals surface area contributed by atoms with Gasteiger partial charge in [0.1, 0.15) is 0 Å². The molecule has 3 heteroatoms. The molecule has 20 heavy (non-hydrogen) atoms. The summed E-state index contributed by atoms with van der Waals surface area (Å²) in [4.78, 5) is 11.5. The summed E-state index contributed by atoms with van der Waals surface area (Å²) in [6.45, 7) is 5.44. The zero-order valence-corrected chi connectivity index (χ0v) is 12.8. The number of carbonyl (C=O) groups is 1. The Kier molecular flexibility index (Phi) is 8.52. The summed E-state index contributed by atoms with van der Waals surface area (Å²) in [5.41, 5.74) is 2.28. The minimum atomic E-state index is -0.111. The van der Waals surface area contributed by atoms with Gasteiger partial charge >= 0.3 is 5.97 Å². The summed E-state index contributed by atoms with van der Waals surface area (Å²) in [5.74, 6) is -0.111. The number of nitrogens with one attached hydrogen (secondary N) is 1. The first-order chi connectivity index (χ1) is 9.72. The lowest BCUT2D eigenvalue weighted by Crippen LogP contribution is -2.12. The van der Waals surface area contributed by atoms with E-state index in [4.69, 9.17) is 4.74 Å². The first-order valence-corrected chi connectivity index (χ1v) is 7.68. The van der Waals surface area contributed by atoms with Gasteiger partial charge in [0, 0.05) is 12.2 Å². The normalized spacial score (nSPS) is 10.3. The molecule has 0 aliphatic carbocycles. The molecule has 0 atom stereocenters. The van der Waals surface area contributed by atoms with Crippen LogP contribution >= 0.6 is 0 Å². The number of ether oxygens (including phenoxy) is 1. The van der Waals surface area contributed by atoms with E-state index >= 15 is 0 Å².